The molecule has 0 radical (unpaired) electrons. The number of likely N-dealkylation sites (N-methyl/N-ethyl adjacent to an activating group) is 1. The molecule has 2 aromatic rings. The number of ether oxygens (including phenoxy) is 1. The minimum absolute atomic E-state index is 0.0445. The molecule has 7 heteroatoms. The third-order valence-corrected chi connectivity index (χ3v) is 5.65. The highest BCUT2D eigenvalue weighted by molar-refractivity contribution is 6.46. The maximum atomic E-state index is 13.0. The highest BCUT2D eigenvalue weighted by Gasteiger charge is 2.47. The maximum Gasteiger partial charge on any atom is 0.295 e. The van der Waals surface area contributed by atoms with E-state index in [0.29, 0.717) is 36.8 Å². The Kier molecular flexibility index (Phi) is 7.17. The monoisotopic (exact) mass is 426 g/mol. The molecule has 1 saturated heterocycles. The number of hydrogen-bond donors (Lipinski definition) is 1. The molecule has 2 heterocycles. The van der Waals surface area contributed by atoms with Crippen LogP contribution in [0.25, 0.3) is 5.76 Å². The fourth-order valence-electron chi connectivity index (χ4n) is 3.91. The third-order valence-electron chi connectivity index (χ3n) is 5.65. The highest BCUT2D eigenvalue weighted by atomic mass is 16.5. The van der Waals surface area contributed by atoms with Crippen molar-refractivity contribution in [2.75, 3.05) is 32.8 Å². The summed E-state index contributed by atoms with van der Waals surface area (Å²) in [6, 6.07) is 7.86. The van der Waals surface area contributed by atoms with E-state index in [1.165, 1.54) is 11.2 Å². The zero-order valence-corrected chi connectivity index (χ0v) is 18.6. The lowest BCUT2D eigenvalue weighted by Gasteiger charge is -2.26. The molecule has 0 saturated carbocycles. The molecule has 7 nitrogen and oxygen atoms in total. The van der Waals surface area contributed by atoms with Crippen LogP contribution in [0.5, 0.6) is 5.75 Å². The highest BCUT2D eigenvalue weighted by Crippen LogP contribution is 2.39. The molecule has 1 aromatic heterocycles. The predicted molar refractivity (Wildman–Crippen MR) is 118 cm³/mol. The SMILES string of the molecule is CCOc1ccc(/C(O)=C2/C(=O)C(=O)N(CCN(CC)CC)C2c2ccco2)cc1C. The molecule has 1 aromatic carbocycles. The average Bonchev–Trinajstić information content (AvgIpc) is 3.38. The molecule has 1 atom stereocenters. The Labute approximate surface area is 182 Å². The quantitative estimate of drug-likeness (QED) is 0.374. The number of hydrogen-bond acceptors (Lipinski definition) is 6. The van der Waals surface area contributed by atoms with Crippen LogP contribution in [0.2, 0.25) is 0 Å². The summed E-state index contributed by atoms with van der Waals surface area (Å²) >= 11 is 0. The van der Waals surface area contributed by atoms with Crippen LogP contribution in [0, 0.1) is 6.92 Å². The van der Waals surface area contributed by atoms with Crippen LogP contribution >= 0.6 is 0 Å². The lowest BCUT2D eigenvalue weighted by molar-refractivity contribution is -0.140. The Balaban J connectivity index is 2.03. The summed E-state index contributed by atoms with van der Waals surface area (Å²) in [5.74, 6) is -0.386. The Morgan fingerprint density at radius 3 is 2.52 bits per heavy atom. The lowest BCUT2D eigenvalue weighted by Crippen LogP contribution is -2.37. The van der Waals surface area contributed by atoms with Crippen molar-refractivity contribution in [2.24, 2.45) is 0 Å². The molecule has 1 unspecified atom stereocenters. The predicted octanol–water partition coefficient (Wildman–Crippen LogP) is 3.75. The smallest absolute Gasteiger partial charge is 0.295 e. The number of ketones is 1. The number of carbonyl (C=O) groups is 2. The van der Waals surface area contributed by atoms with E-state index < -0.39 is 17.7 Å². The van der Waals surface area contributed by atoms with E-state index in [9.17, 15) is 14.7 Å². The number of aryl methyl sites for hydroxylation is 1. The standard InChI is InChI=1S/C24H30N2O5/c1-5-25(6-2)12-13-26-21(19-9-8-14-31-19)20(23(28)24(26)29)22(27)17-10-11-18(30-7-3)16(4)15-17/h8-11,14-15,21,27H,5-7,12-13H2,1-4H3/b22-20-. The summed E-state index contributed by atoms with van der Waals surface area (Å²) in [6.45, 7) is 11.1. The van der Waals surface area contributed by atoms with Gasteiger partial charge in [0.1, 0.15) is 23.3 Å². The van der Waals surface area contributed by atoms with Crippen LogP contribution in [-0.4, -0.2) is 59.4 Å². The number of amides is 1. The number of aliphatic hydroxyl groups excluding tert-OH is 1. The Bertz CT molecular complexity index is 960. The van der Waals surface area contributed by atoms with Gasteiger partial charge in [-0.3, -0.25) is 9.59 Å². The van der Waals surface area contributed by atoms with E-state index in [1.807, 2.05) is 13.8 Å². The largest absolute Gasteiger partial charge is 0.507 e. The zero-order chi connectivity index (χ0) is 22.5. The normalized spacial score (nSPS) is 18.2. The summed E-state index contributed by atoms with van der Waals surface area (Å²) < 4.78 is 11.1. The molecular weight excluding hydrogens is 396 g/mol. The van der Waals surface area contributed by atoms with Crippen molar-refractivity contribution in [1.82, 2.24) is 9.80 Å². The first-order chi connectivity index (χ1) is 14.9. The number of carbonyl (C=O) groups excluding carboxylic acids is 2. The summed E-state index contributed by atoms with van der Waals surface area (Å²) in [7, 11) is 0. The number of aliphatic hydroxyl groups is 1. The molecule has 1 N–H and O–H groups in total. The summed E-state index contributed by atoms with van der Waals surface area (Å²) in [6.07, 6.45) is 1.50. The molecule has 166 valence electrons. The Hall–Kier alpha value is -3.06. The van der Waals surface area contributed by atoms with Gasteiger partial charge >= 0.3 is 0 Å². The van der Waals surface area contributed by atoms with E-state index in [0.717, 1.165) is 18.7 Å². The van der Waals surface area contributed by atoms with Gasteiger partial charge in [0, 0.05) is 18.7 Å². The summed E-state index contributed by atoms with van der Waals surface area (Å²) in [5.41, 5.74) is 1.33. The lowest BCUT2D eigenvalue weighted by atomic mass is 9.98. The Morgan fingerprint density at radius 2 is 1.94 bits per heavy atom. The number of furan rings is 1. The second kappa shape index (κ2) is 9.83. The molecular formula is C24H30N2O5. The molecule has 0 aliphatic carbocycles. The zero-order valence-electron chi connectivity index (χ0n) is 18.6. The van der Waals surface area contributed by atoms with E-state index >= 15 is 0 Å². The van der Waals surface area contributed by atoms with Gasteiger partial charge in [0.05, 0.1) is 18.4 Å². The van der Waals surface area contributed by atoms with Crippen molar-refractivity contribution >= 4 is 17.4 Å². The van der Waals surface area contributed by atoms with Gasteiger partial charge in [0.15, 0.2) is 0 Å². The van der Waals surface area contributed by atoms with Crippen LogP contribution in [0.4, 0.5) is 0 Å². The fourth-order valence-corrected chi connectivity index (χ4v) is 3.91. The first-order valence-electron chi connectivity index (χ1n) is 10.7. The molecule has 3 rings (SSSR count). The van der Waals surface area contributed by atoms with Crippen molar-refractivity contribution in [1.29, 1.82) is 0 Å². The minimum atomic E-state index is -0.766. The van der Waals surface area contributed by atoms with Crippen molar-refractivity contribution < 1.29 is 23.8 Å². The van der Waals surface area contributed by atoms with E-state index in [2.05, 4.69) is 18.7 Å². The number of nitrogens with zero attached hydrogens (tertiary/aromatic N) is 2. The Morgan fingerprint density at radius 1 is 1.19 bits per heavy atom. The fraction of sp³-hybridized carbons (Fsp3) is 0.417. The van der Waals surface area contributed by atoms with Crippen molar-refractivity contribution in [2.45, 2.75) is 33.7 Å². The van der Waals surface area contributed by atoms with Gasteiger partial charge < -0.3 is 24.1 Å². The van der Waals surface area contributed by atoms with Crippen LogP contribution in [0.15, 0.2) is 46.6 Å². The first kappa shape index (κ1) is 22.6. The number of benzene rings is 1. The topological polar surface area (TPSA) is 83.2 Å². The van der Waals surface area contributed by atoms with Crippen molar-refractivity contribution in [3.05, 3.63) is 59.1 Å². The molecule has 0 bridgehead atoms. The van der Waals surface area contributed by atoms with Gasteiger partial charge in [0.2, 0.25) is 0 Å². The molecule has 0 spiro atoms. The van der Waals surface area contributed by atoms with Gasteiger partial charge in [0.25, 0.3) is 11.7 Å². The van der Waals surface area contributed by atoms with Crippen molar-refractivity contribution in [3.8, 4) is 5.75 Å². The van der Waals surface area contributed by atoms with Gasteiger partial charge in [-0.05, 0) is 62.8 Å². The molecule has 1 fully saturated rings. The van der Waals surface area contributed by atoms with Crippen LogP contribution in [0.3, 0.4) is 0 Å². The summed E-state index contributed by atoms with van der Waals surface area (Å²) in [5, 5.41) is 11.1. The molecule has 1 aliphatic rings. The number of Topliss-reactive ketones (excluding diaryl/α,β-unsaturated/α-hetero) is 1. The van der Waals surface area contributed by atoms with Crippen LogP contribution < -0.4 is 4.74 Å². The van der Waals surface area contributed by atoms with E-state index in [1.54, 1.807) is 30.3 Å². The van der Waals surface area contributed by atoms with Gasteiger partial charge in [-0.15, -0.1) is 0 Å². The van der Waals surface area contributed by atoms with Gasteiger partial charge in [-0.1, -0.05) is 13.8 Å². The van der Waals surface area contributed by atoms with Crippen LogP contribution in [0.1, 0.15) is 43.7 Å². The number of rotatable bonds is 9. The molecule has 31 heavy (non-hydrogen) atoms. The molecule has 1 aliphatic heterocycles. The second-order valence-electron chi connectivity index (χ2n) is 7.45. The van der Waals surface area contributed by atoms with E-state index in [4.69, 9.17) is 9.15 Å². The first-order valence-corrected chi connectivity index (χ1v) is 10.7. The van der Waals surface area contributed by atoms with E-state index in [-0.39, 0.29) is 11.3 Å². The summed E-state index contributed by atoms with van der Waals surface area (Å²) in [4.78, 5) is 29.6. The van der Waals surface area contributed by atoms with Crippen LogP contribution in [-0.2, 0) is 9.59 Å². The second-order valence-corrected chi connectivity index (χ2v) is 7.45. The van der Waals surface area contributed by atoms with Gasteiger partial charge in [-0.2, -0.15) is 0 Å². The third kappa shape index (κ3) is 4.51. The minimum Gasteiger partial charge on any atom is -0.507 e. The number of likely N-dealkylation sites (tertiary alicyclic amines) is 1. The maximum absolute atomic E-state index is 13.0. The average molecular weight is 427 g/mol. The molecule has 1 amide bonds. The van der Waals surface area contributed by atoms with Gasteiger partial charge in [-0.25, -0.2) is 0 Å². The van der Waals surface area contributed by atoms with Crippen molar-refractivity contribution in [3.63, 3.8) is 0 Å².